The molecule has 0 saturated carbocycles. The van der Waals surface area contributed by atoms with E-state index in [1.165, 1.54) is 12.0 Å². The van der Waals surface area contributed by atoms with E-state index >= 15 is 0 Å². The van der Waals surface area contributed by atoms with Crippen LogP contribution in [0.4, 0.5) is 0 Å². The Hall–Kier alpha value is -2.21. The molecule has 6 nitrogen and oxygen atoms in total. The summed E-state index contributed by atoms with van der Waals surface area (Å²) in [5.74, 6) is 0.978. The topological polar surface area (TPSA) is 60.0 Å². The van der Waals surface area contributed by atoms with Crippen molar-refractivity contribution in [3.8, 4) is 0 Å². The standard InChI is InChI=1S/C17H21N5O/c1-11-7-16(23-20-11)15-5-4-6-22(15)10-13-8-14-12(2)19-21(3)17(14)18-9-13/h7-9,15H,4-6,10H2,1-3H3/t15-/m1/s1. The van der Waals surface area contributed by atoms with Gasteiger partial charge in [0.2, 0.25) is 0 Å². The molecule has 0 aliphatic carbocycles. The first kappa shape index (κ1) is 14.4. The molecule has 0 unspecified atom stereocenters. The van der Waals surface area contributed by atoms with E-state index in [9.17, 15) is 0 Å². The van der Waals surface area contributed by atoms with Crippen LogP contribution in [0.15, 0.2) is 22.9 Å². The molecule has 0 N–H and O–H groups in total. The lowest BCUT2D eigenvalue weighted by Crippen LogP contribution is -2.22. The maximum atomic E-state index is 5.49. The quantitative estimate of drug-likeness (QED) is 0.744. The minimum atomic E-state index is 0.321. The van der Waals surface area contributed by atoms with Gasteiger partial charge in [-0.25, -0.2) is 4.98 Å². The fraction of sp³-hybridized carbons (Fsp3) is 0.471. The van der Waals surface area contributed by atoms with Gasteiger partial charge in [-0.2, -0.15) is 5.10 Å². The van der Waals surface area contributed by atoms with Crippen LogP contribution in [0.2, 0.25) is 0 Å². The van der Waals surface area contributed by atoms with E-state index in [1.54, 1.807) is 0 Å². The van der Waals surface area contributed by atoms with Gasteiger partial charge in [0.05, 0.1) is 17.4 Å². The molecular formula is C17H21N5O. The minimum absolute atomic E-state index is 0.321. The highest BCUT2D eigenvalue weighted by atomic mass is 16.5. The van der Waals surface area contributed by atoms with E-state index in [0.29, 0.717) is 6.04 Å². The second-order valence-corrected chi connectivity index (χ2v) is 6.42. The van der Waals surface area contributed by atoms with E-state index in [-0.39, 0.29) is 0 Å². The van der Waals surface area contributed by atoms with E-state index in [1.807, 2.05) is 31.8 Å². The molecule has 4 heterocycles. The summed E-state index contributed by atoms with van der Waals surface area (Å²) in [5.41, 5.74) is 4.13. The highest BCUT2D eigenvalue weighted by Gasteiger charge is 2.29. The Labute approximate surface area is 135 Å². The summed E-state index contributed by atoms with van der Waals surface area (Å²) in [4.78, 5) is 7.04. The van der Waals surface area contributed by atoms with E-state index in [4.69, 9.17) is 4.52 Å². The molecule has 23 heavy (non-hydrogen) atoms. The second-order valence-electron chi connectivity index (χ2n) is 6.42. The van der Waals surface area contributed by atoms with Gasteiger partial charge in [-0.15, -0.1) is 0 Å². The van der Waals surface area contributed by atoms with Gasteiger partial charge in [-0.1, -0.05) is 5.16 Å². The molecule has 0 radical (unpaired) electrons. The Bertz CT molecular complexity index is 850. The van der Waals surface area contributed by atoms with Crippen LogP contribution in [0, 0.1) is 13.8 Å². The lowest BCUT2D eigenvalue weighted by atomic mass is 10.1. The molecule has 0 spiro atoms. The minimum Gasteiger partial charge on any atom is -0.359 e. The lowest BCUT2D eigenvalue weighted by Gasteiger charge is -2.22. The van der Waals surface area contributed by atoms with Gasteiger partial charge in [0, 0.05) is 31.2 Å². The van der Waals surface area contributed by atoms with Crippen LogP contribution >= 0.6 is 0 Å². The van der Waals surface area contributed by atoms with Crippen molar-refractivity contribution < 1.29 is 4.52 Å². The van der Waals surface area contributed by atoms with Crippen molar-refractivity contribution in [3.63, 3.8) is 0 Å². The van der Waals surface area contributed by atoms with Gasteiger partial charge in [-0.05, 0) is 44.9 Å². The van der Waals surface area contributed by atoms with Gasteiger partial charge in [0.25, 0.3) is 0 Å². The normalized spacial score (nSPS) is 19.0. The maximum absolute atomic E-state index is 5.49. The summed E-state index contributed by atoms with van der Waals surface area (Å²) in [6.07, 6.45) is 4.27. The molecule has 3 aromatic heterocycles. The highest BCUT2D eigenvalue weighted by molar-refractivity contribution is 5.78. The molecule has 1 atom stereocenters. The van der Waals surface area contributed by atoms with Crippen molar-refractivity contribution in [1.29, 1.82) is 0 Å². The van der Waals surface area contributed by atoms with Crippen LogP contribution in [0.3, 0.4) is 0 Å². The molecule has 0 amide bonds. The fourth-order valence-corrected chi connectivity index (χ4v) is 3.55. The first-order chi connectivity index (χ1) is 11.1. The lowest BCUT2D eigenvalue weighted by molar-refractivity contribution is 0.206. The van der Waals surface area contributed by atoms with Gasteiger partial charge in [0.15, 0.2) is 11.4 Å². The van der Waals surface area contributed by atoms with Gasteiger partial charge < -0.3 is 4.52 Å². The van der Waals surface area contributed by atoms with Crippen LogP contribution in [0.1, 0.15) is 41.6 Å². The molecule has 6 heteroatoms. The summed E-state index contributed by atoms with van der Waals surface area (Å²) in [6.45, 7) is 5.95. The summed E-state index contributed by atoms with van der Waals surface area (Å²) < 4.78 is 7.33. The molecule has 1 saturated heterocycles. The van der Waals surface area contributed by atoms with Crippen LogP contribution < -0.4 is 0 Å². The zero-order valence-electron chi connectivity index (χ0n) is 13.8. The van der Waals surface area contributed by atoms with E-state index in [2.05, 4.69) is 32.3 Å². The highest BCUT2D eigenvalue weighted by Crippen LogP contribution is 2.33. The number of fused-ring (bicyclic) bond motifs is 1. The first-order valence-corrected chi connectivity index (χ1v) is 8.07. The number of hydrogen-bond donors (Lipinski definition) is 0. The van der Waals surface area contributed by atoms with Crippen molar-refractivity contribution in [3.05, 3.63) is 41.0 Å². The van der Waals surface area contributed by atoms with Crippen LogP contribution in [0.5, 0.6) is 0 Å². The number of pyridine rings is 1. The number of nitrogens with zero attached hydrogens (tertiary/aromatic N) is 5. The summed E-state index contributed by atoms with van der Waals surface area (Å²) in [7, 11) is 1.94. The molecular weight excluding hydrogens is 290 g/mol. The molecule has 0 bridgehead atoms. The molecule has 1 fully saturated rings. The number of likely N-dealkylation sites (tertiary alicyclic amines) is 1. The van der Waals surface area contributed by atoms with Gasteiger partial charge in [0.1, 0.15) is 0 Å². The predicted octanol–water partition coefficient (Wildman–Crippen LogP) is 2.91. The zero-order valence-corrected chi connectivity index (χ0v) is 13.8. The molecule has 3 aromatic rings. The average Bonchev–Trinajstić information content (AvgIpc) is 3.21. The van der Waals surface area contributed by atoms with Crippen LogP contribution in [-0.2, 0) is 13.6 Å². The van der Waals surface area contributed by atoms with Crippen molar-refractivity contribution in [2.75, 3.05) is 6.54 Å². The third-order valence-corrected chi connectivity index (χ3v) is 4.64. The Morgan fingerprint density at radius 1 is 1.30 bits per heavy atom. The molecule has 4 rings (SSSR count). The smallest absolute Gasteiger partial charge is 0.157 e. The predicted molar refractivity (Wildman–Crippen MR) is 86.9 cm³/mol. The Morgan fingerprint density at radius 3 is 2.96 bits per heavy atom. The van der Waals surface area contributed by atoms with Crippen molar-refractivity contribution >= 4 is 11.0 Å². The fourth-order valence-electron chi connectivity index (χ4n) is 3.55. The number of aryl methyl sites for hydroxylation is 3. The monoisotopic (exact) mass is 311 g/mol. The summed E-state index contributed by atoms with van der Waals surface area (Å²) in [5, 5.41) is 9.61. The number of aromatic nitrogens is 4. The van der Waals surface area contributed by atoms with Crippen LogP contribution in [0.25, 0.3) is 11.0 Å². The Balaban J connectivity index is 1.60. The number of hydrogen-bond acceptors (Lipinski definition) is 5. The van der Waals surface area contributed by atoms with Gasteiger partial charge >= 0.3 is 0 Å². The van der Waals surface area contributed by atoms with E-state index < -0.39 is 0 Å². The van der Waals surface area contributed by atoms with Crippen molar-refractivity contribution in [1.82, 2.24) is 24.8 Å². The van der Waals surface area contributed by atoms with Crippen molar-refractivity contribution in [2.45, 2.75) is 39.3 Å². The summed E-state index contributed by atoms with van der Waals surface area (Å²) in [6, 6.07) is 4.59. The Morgan fingerprint density at radius 2 is 2.17 bits per heavy atom. The number of rotatable bonds is 3. The Kier molecular flexibility index (Phi) is 3.41. The third kappa shape index (κ3) is 2.53. The largest absolute Gasteiger partial charge is 0.359 e. The third-order valence-electron chi connectivity index (χ3n) is 4.64. The molecule has 0 aromatic carbocycles. The molecule has 1 aliphatic rings. The zero-order chi connectivity index (χ0) is 16.0. The van der Waals surface area contributed by atoms with E-state index in [0.717, 1.165) is 47.7 Å². The SMILES string of the molecule is Cc1cc([C@H]2CCCN2Cc2cnc3c(c2)c(C)nn3C)on1. The van der Waals surface area contributed by atoms with Gasteiger partial charge in [-0.3, -0.25) is 9.58 Å². The van der Waals surface area contributed by atoms with Crippen molar-refractivity contribution in [2.24, 2.45) is 7.05 Å². The van der Waals surface area contributed by atoms with Crippen LogP contribution in [-0.4, -0.2) is 31.4 Å². The molecule has 120 valence electrons. The first-order valence-electron chi connectivity index (χ1n) is 8.07. The molecule has 1 aliphatic heterocycles. The summed E-state index contributed by atoms with van der Waals surface area (Å²) >= 11 is 0. The maximum Gasteiger partial charge on any atom is 0.157 e. The second kappa shape index (κ2) is 5.45. The average molecular weight is 311 g/mol.